The third-order valence-electron chi connectivity index (χ3n) is 4.36. The summed E-state index contributed by atoms with van der Waals surface area (Å²) in [6.07, 6.45) is 0. The van der Waals surface area contributed by atoms with E-state index >= 15 is 0 Å². The standard InChI is InChI=1S/C20H24N4O9S3.Na/c1-13(25)19(20(26)22-17-9-6-15(32-2)12-18(17)33-3)24-23-14-4-7-16(8-5-14)35(27,28)21-10-11-34-36(29,30)31;/h4-9,12,19,21H,10-11H2,1-3H3,(H,22,26)(H,29,30,31);. The number of Topliss-reactive ketones (excluding diaryl/α,β-unsaturated/α-hetero) is 1. The number of ether oxygens (including phenoxy) is 2. The summed E-state index contributed by atoms with van der Waals surface area (Å²) in [4.78, 5) is 24.5. The summed E-state index contributed by atoms with van der Waals surface area (Å²) in [6, 6.07) is 8.28. The molecule has 0 aliphatic rings. The molecule has 2 aromatic carbocycles. The van der Waals surface area contributed by atoms with Crippen molar-refractivity contribution in [2.24, 2.45) is 10.2 Å². The smallest absolute Gasteiger partial charge is 0.319 e. The van der Waals surface area contributed by atoms with Crippen LogP contribution in [0.1, 0.15) is 6.92 Å². The molecule has 37 heavy (non-hydrogen) atoms. The van der Waals surface area contributed by atoms with E-state index < -0.39 is 36.9 Å². The average molecular weight is 584 g/mol. The van der Waals surface area contributed by atoms with Crippen LogP contribution in [-0.2, 0) is 28.8 Å². The molecule has 0 saturated heterocycles. The Morgan fingerprint density at radius 2 is 1.70 bits per heavy atom. The van der Waals surface area contributed by atoms with Crippen molar-refractivity contribution in [1.82, 2.24) is 4.72 Å². The molecule has 0 aliphatic carbocycles. The van der Waals surface area contributed by atoms with E-state index in [-0.39, 0.29) is 63.2 Å². The fourth-order valence-corrected chi connectivity index (χ4v) is 5.08. The number of nitrogens with one attached hydrogen (secondary N) is 2. The van der Waals surface area contributed by atoms with Gasteiger partial charge in [0.05, 0.1) is 30.5 Å². The summed E-state index contributed by atoms with van der Waals surface area (Å²) in [7, 11) is -5.14. The SMILES string of the molecule is COc1ccc(NC(=O)C(N=Nc2ccc(S(=O)(=O)NCCSS(=O)(=O)O)cc2)C(C)=O)c(OC)c1.[Na]. The van der Waals surface area contributed by atoms with Crippen LogP contribution in [0.4, 0.5) is 11.4 Å². The quantitative estimate of drug-likeness (QED) is 0.0783. The van der Waals surface area contributed by atoms with Gasteiger partial charge in [-0.3, -0.25) is 14.1 Å². The zero-order valence-corrected chi connectivity index (χ0v) is 24.8. The number of amides is 1. The van der Waals surface area contributed by atoms with Crippen LogP contribution in [0, 0.1) is 0 Å². The molecule has 0 bridgehead atoms. The number of nitrogens with zero attached hydrogens (tertiary/aromatic N) is 2. The molecule has 17 heteroatoms. The zero-order valence-electron chi connectivity index (χ0n) is 20.4. The number of sulfonamides is 1. The van der Waals surface area contributed by atoms with E-state index in [2.05, 4.69) is 20.3 Å². The molecule has 0 saturated carbocycles. The summed E-state index contributed by atoms with van der Waals surface area (Å²) in [5, 5.41) is 10.2. The number of rotatable bonds is 13. The maximum Gasteiger partial charge on any atom is 0.319 e. The van der Waals surface area contributed by atoms with Gasteiger partial charge in [0.2, 0.25) is 16.1 Å². The van der Waals surface area contributed by atoms with E-state index in [0.717, 1.165) is 0 Å². The first-order valence-corrected chi connectivity index (χ1v) is 14.4. The molecule has 0 spiro atoms. The molecule has 0 aromatic heterocycles. The summed E-state index contributed by atoms with van der Waals surface area (Å²) in [5.41, 5.74) is 0.471. The van der Waals surface area contributed by atoms with Crippen molar-refractivity contribution >= 4 is 82.6 Å². The molecule has 3 N–H and O–H groups in total. The first-order chi connectivity index (χ1) is 16.9. The van der Waals surface area contributed by atoms with Crippen LogP contribution in [-0.4, -0.2) is 95.2 Å². The number of hydrogen-bond acceptors (Lipinski definition) is 11. The van der Waals surface area contributed by atoms with Crippen molar-refractivity contribution in [1.29, 1.82) is 0 Å². The predicted molar refractivity (Wildman–Crippen MR) is 139 cm³/mol. The van der Waals surface area contributed by atoms with Crippen LogP contribution in [0.15, 0.2) is 57.6 Å². The number of benzene rings is 2. The van der Waals surface area contributed by atoms with Gasteiger partial charge in [-0.05, 0) is 54.1 Å². The van der Waals surface area contributed by atoms with Crippen molar-refractivity contribution < 1.29 is 40.5 Å². The molecule has 1 radical (unpaired) electrons. The Balaban J connectivity index is 0.00000684. The van der Waals surface area contributed by atoms with Crippen molar-refractivity contribution in [2.75, 3.05) is 31.8 Å². The zero-order chi connectivity index (χ0) is 26.9. The molecule has 0 heterocycles. The minimum Gasteiger partial charge on any atom is -0.497 e. The van der Waals surface area contributed by atoms with Gasteiger partial charge in [0.1, 0.15) is 11.5 Å². The first kappa shape index (κ1) is 33.0. The third kappa shape index (κ3) is 10.7. The number of carbonyl (C=O) groups excluding carboxylic acids is 2. The Labute approximate surface area is 240 Å². The van der Waals surface area contributed by atoms with Gasteiger partial charge >= 0.3 is 9.15 Å². The number of methoxy groups -OCH3 is 2. The minimum atomic E-state index is -4.27. The molecule has 0 aliphatic heterocycles. The Morgan fingerprint density at radius 1 is 1.05 bits per heavy atom. The molecule has 2 rings (SSSR count). The minimum absolute atomic E-state index is 0. The van der Waals surface area contributed by atoms with Crippen molar-refractivity contribution in [3.8, 4) is 11.5 Å². The normalized spacial score (nSPS) is 12.4. The monoisotopic (exact) mass is 583 g/mol. The molecule has 197 valence electrons. The summed E-state index contributed by atoms with van der Waals surface area (Å²) >= 11 is 0. The Kier molecular flexibility index (Phi) is 13.2. The number of azo groups is 1. The van der Waals surface area contributed by atoms with Gasteiger partial charge in [0, 0.05) is 47.9 Å². The fourth-order valence-electron chi connectivity index (χ4n) is 2.64. The van der Waals surface area contributed by atoms with Gasteiger partial charge in [-0.25, -0.2) is 13.1 Å². The summed E-state index contributed by atoms with van der Waals surface area (Å²) in [5.74, 6) is -0.702. The van der Waals surface area contributed by atoms with Gasteiger partial charge in [0.25, 0.3) is 5.91 Å². The van der Waals surface area contributed by atoms with Crippen LogP contribution in [0.5, 0.6) is 11.5 Å². The van der Waals surface area contributed by atoms with E-state index in [1.807, 2.05) is 0 Å². The van der Waals surface area contributed by atoms with E-state index in [9.17, 15) is 26.4 Å². The van der Waals surface area contributed by atoms with Gasteiger partial charge in [0.15, 0.2) is 5.78 Å². The number of carbonyl (C=O) groups is 2. The van der Waals surface area contributed by atoms with E-state index in [4.69, 9.17) is 14.0 Å². The Hall–Kier alpha value is -2.05. The second kappa shape index (κ2) is 14.8. The number of ketones is 1. The van der Waals surface area contributed by atoms with Crippen LogP contribution in [0.2, 0.25) is 0 Å². The van der Waals surface area contributed by atoms with E-state index in [1.165, 1.54) is 45.4 Å². The van der Waals surface area contributed by atoms with Crippen LogP contribution < -0.4 is 19.5 Å². The fraction of sp³-hybridized carbons (Fsp3) is 0.300. The average Bonchev–Trinajstić information content (AvgIpc) is 2.81. The van der Waals surface area contributed by atoms with Crippen molar-refractivity contribution in [2.45, 2.75) is 17.9 Å². The summed E-state index contributed by atoms with van der Waals surface area (Å²) < 4.78 is 67.0. The predicted octanol–water partition coefficient (Wildman–Crippen LogP) is 1.82. The van der Waals surface area contributed by atoms with Crippen LogP contribution in [0.25, 0.3) is 0 Å². The molecular formula is C20H24N4NaO9S3. The second-order valence-corrected chi connectivity index (χ2v) is 12.2. The number of hydrogen-bond donors (Lipinski definition) is 3. The topological polar surface area (TPSA) is 190 Å². The van der Waals surface area contributed by atoms with Crippen molar-refractivity contribution in [3.05, 3.63) is 42.5 Å². The maximum atomic E-state index is 12.7. The van der Waals surface area contributed by atoms with Crippen LogP contribution in [0.3, 0.4) is 0 Å². The van der Waals surface area contributed by atoms with Gasteiger partial charge in [-0.2, -0.15) is 18.6 Å². The molecule has 1 atom stereocenters. The third-order valence-corrected chi connectivity index (χ3v) is 7.90. The second-order valence-electron chi connectivity index (χ2n) is 6.93. The number of anilines is 1. The van der Waals surface area contributed by atoms with Gasteiger partial charge < -0.3 is 14.8 Å². The maximum absolute atomic E-state index is 12.7. The van der Waals surface area contributed by atoms with Crippen molar-refractivity contribution in [3.63, 3.8) is 0 Å². The van der Waals surface area contributed by atoms with Gasteiger partial charge in [-0.15, -0.1) is 0 Å². The van der Waals surface area contributed by atoms with E-state index in [1.54, 1.807) is 18.2 Å². The molecule has 1 unspecified atom stereocenters. The largest absolute Gasteiger partial charge is 0.497 e. The Morgan fingerprint density at radius 3 is 2.24 bits per heavy atom. The molecule has 1 amide bonds. The molecule has 13 nitrogen and oxygen atoms in total. The molecule has 0 fully saturated rings. The van der Waals surface area contributed by atoms with Gasteiger partial charge in [-0.1, -0.05) is 0 Å². The molecule has 2 aromatic rings. The molecular weight excluding hydrogens is 559 g/mol. The Bertz CT molecular complexity index is 1340. The first-order valence-electron chi connectivity index (χ1n) is 10.0. The summed E-state index contributed by atoms with van der Waals surface area (Å²) in [6.45, 7) is 0.943. The van der Waals surface area contributed by atoms with E-state index in [0.29, 0.717) is 17.2 Å². The van der Waals surface area contributed by atoms with Crippen LogP contribution >= 0.6 is 10.8 Å².